The van der Waals surface area contributed by atoms with E-state index >= 15 is 0 Å². The van der Waals surface area contributed by atoms with Crippen LogP contribution >= 0.6 is 0 Å². The van der Waals surface area contributed by atoms with Gasteiger partial charge in [0.15, 0.2) is 0 Å². The molecule has 0 N–H and O–H groups in total. The fraction of sp³-hybridized carbons (Fsp3) is 0.929. The van der Waals surface area contributed by atoms with Gasteiger partial charge in [0, 0.05) is 0 Å². The molecule has 0 spiro atoms. The summed E-state index contributed by atoms with van der Waals surface area (Å²) in [4.78, 5) is 23.6. The molecular weight excluding hydrogens is 400 g/mol. The van der Waals surface area contributed by atoms with E-state index in [0.29, 0.717) is 19.1 Å². The van der Waals surface area contributed by atoms with Crippen molar-refractivity contribution in [1.29, 1.82) is 0 Å². The predicted molar refractivity (Wildman–Crippen MR) is 135 cm³/mol. The van der Waals surface area contributed by atoms with Crippen molar-refractivity contribution in [2.24, 2.45) is 11.3 Å². The molecule has 0 amide bonds. The summed E-state index contributed by atoms with van der Waals surface area (Å²) in [7, 11) is 0. The van der Waals surface area contributed by atoms with Gasteiger partial charge in [-0.3, -0.25) is 9.59 Å². The van der Waals surface area contributed by atoms with Crippen LogP contribution in [0.4, 0.5) is 0 Å². The van der Waals surface area contributed by atoms with Crippen LogP contribution in [0.2, 0.25) is 0 Å². The van der Waals surface area contributed by atoms with Crippen LogP contribution in [0, 0.1) is 11.3 Å². The van der Waals surface area contributed by atoms with Crippen LogP contribution in [-0.4, -0.2) is 25.2 Å². The highest BCUT2D eigenvalue weighted by Gasteiger charge is 2.17. The Hall–Kier alpha value is -1.06. The van der Waals surface area contributed by atoms with Crippen molar-refractivity contribution in [3.8, 4) is 0 Å². The number of unbranched alkanes of at least 4 members (excludes halogenated alkanes) is 13. The van der Waals surface area contributed by atoms with Crippen LogP contribution in [-0.2, 0) is 19.1 Å². The van der Waals surface area contributed by atoms with Crippen LogP contribution in [0.1, 0.15) is 144 Å². The van der Waals surface area contributed by atoms with Gasteiger partial charge < -0.3 is 9.47 Å². The van der Waals surface area contributed by atoms with E-state index in [4.69, 9.17) is 9.47 Å². The van der Waals surface area contributed by atoms with Crippen molar-refractivity contribution in [3.05, 3.63) is 0 Å². The molecule has 0 saturated carbocycles. The molecular formula is C28H54O4. The molecule has 0 saturated heterocycles. The van der Waals surface area contributed by atoms with Crippen LogP contribution in [0.25, 0.3) is 0 Å². The minimum absolute atomic E-state index is 0.111. The third-order valence-electron chi connectivity index (χ3n) is 5.78. The molecule has 0 heterocycles. The Balaban J connectivity index is 3.40. The summed E-state index contributed by atoms with van der Waals surface area (Å²) < 4.78 is 10.5. The first kappa shape index (κ1) is 30.9. The van der Waals surface area contributed by atoms with E-state index in [1.807, 2.05) is 0 Å². The van der Waals surface area contributed by atoms with Crippen LogP contribution in [0.3, 0.4) is 0 Å². The molecule has 190 valence electrons. The number of carbonyl (C=O) groups excluding carboxylic acids is 2. The van der Waals surface area contributed by atoms with E-state index in [1.165, 1.54) is 77.0 Å². The molecule has 4 nitrogen and oxygen atoms in total. The second kappa shape index (κ2) is 20.5. The molecule has 0 aromatic heterocycles. The normalized spacial score (nSPS) is 12.5. The quantitative estimate of drug-likeness (QED) is 0.129. The number of rotatable bonds is 21. The topological polar surface area (TPSA) is 52.6 Å². The van der Waals surface area contributed by atoms with Crippen molar-refractivity contribution in [2.45, 2.75) is 144 Å². The van der Waals surface area contributed by atoms with Crippen molar-refractivity contribution in [2.75, 3.05) is 13.2 Å². The molecule has 0 aliphatic rings. The highest BCUT2D eigenvalue weighted by Crippen LogP contribution is 2.24. The lowest BCUT2D eigenvalue weighted by atomic mass is 9.86. The molecule has 0 aromatic rings. The average molecular weight is 455 g/mol. The predicted octanol–water partition coefficient (Wildman–Crippen LogP) is 8.41. The Bertz CT molecular complexity index is 453. The first-order valence-corrected chi connectivity index (χ1v) is 13.6. The maximum Gasteiger partial charge on any atom is 0.306 e. The first-order valence-electron chi connectivity index (χ1n) is 13.6. The number of carbonyl (C=O) groups is 2. The lowest BCUT2D eigenvalue weighted by molar-refractivity contribution is -0.151. The van der Waals surface area contributed by atoms with E-state index in [-0.39, 0.29) is 30.2 Å². The zero-order valence-electron chi connectivity index (χ0n) is 22.1. The number of hydrogen-bond donors (Lipinski definition) is 0. The van der Waals surface area contributed by atoms with Crippen molar-refractivity contribution < 1.29 is 19.1 Å². The van der Waals surface area contributed by atoms with Gasteiger partial charge in [0.2, 0.25) is 0 Å². The second-order valence-electron chi connectivity index (χ2n) is 10.9. The van der Waals surface area contributed by atoms with E-state index in [9.17, 15) is 9.59 Å². The van der Waals surface area contributed by atoms with Crippen molar-refractivity contribution in [3.63, 3.8) is 0 Å². The van der Waals surface area contributed by atoms with Crippen molar-refractivity contribution >= 4 is 11.9 Å². The third-order valence-corrected chi connectivity index (χ3v) is 5.78. The van der Waals surface area contributed by atoms with Gasteiger partial charge in [-0.05, 0) is 24.2 Å². The molecule has 0 aromatic carbocycles. The van der Waals surface area contributed by atoms with Gasteiger partial charge in [0.05, 0.1) is 26.1 Å². The summed E-state index contributed by atoms with van der Waals surface area (Å²) in [6.07, 6.45) is 19.6. The highest BCUT2D eigenvalue weighted by molar-refractivity contribution is 5.77. The maximum atomic E-state index is 11.8. The summed E-state index contributed by atoms with van der Waals surface area (Å²) in [5.74, 6) is -0.273. The molecule has 32 heavy (non-hydrogen) atoms. The Morgan fingerprint density at radius 3 is 1.50 bits per heavy atom. The summed E-state index contributed by atoms with van der Waals surface area (Å²) in [5, 5.41) is 0. The van der Waals surface area contributed by atoms with Gasteiger partial charge in [0.1, 0.15) is 0 Å². The van der Waals surface area contributed by atoms with Gasteiger partial charge in [-0.25, -0.2) is 0 Å². The van der Waals surface area contributed by atoms with Crippen LogP contribution < -0.4 is 0 Å². The summed E-state index contributed by atoms with van der Waals surface area (Å²) in [6, 6.07) is 0. The monoisotopic (exact) mass is 454 g/mol. The lowest BCUT2D eigenvalue weighted by Gasteiger charge is -2.22. The molecule has 1 unspecified atom stereocenters. The Morgan fingerprint density at radius 2 is 1.06 bits per heavy atom. The minimum Gasteiger partial charge on any atom is -0.466 e. The van der Waals surface area contributed by atoms with E-state index < -0.39 is 0 Å². The number of esters is 2. The molecule has 4 heteroatoms. The molecule has 0 radical (unpaired) electrons. The Labute approximate surface area is 199 Å². The number of ether oxygens (including phenoxy) is 2. The standard InChI is InChI=1S/C28H54O4/c1-6-7-8-9-10-11-12-13-14-15-16-17-18-19-22-31-26(29)20-21-27(30)32-24-25(2)23-28(3,4)5/h25H,6-24H2,1-5H3. The molecule has 0 bridgehead atoms. The average Bonchev–Trinajstić information content (AvgIpc) is 2.72. The SMILES string of the molecule is CCCCCCCCCCCCCCCCOC(=O)CCC(=O)OCC(C)CC(C)(C)C. The lowest BCUT2D eigenvalue weighted by Crippen LogP contribution is -2.18. The van der Waals surface area contributed by atoms with Crippen LogP contribution in [0.15, 0.2) is 0 Å². The van der Waals surface area contributed by atoms with E-state index in [0.717, 1.165) is 19.3 Å². The minimum atomic E-state index is -0.306. The van der Waals surface area contributed by atoms with Gasteiger partial charge in [-0.2, -0.15) is 0 Å². The fourth-order valence-corrected chi connectivity index (χ4v) is 4.17. The Kier molecular flexibility index (Phi) is 19.9. The van der Waals surface area contributed by atoms with Gasteiger partial charge in [-0.15, -0.1) is 0 Å². The molecule has 0 aliphatic carbocycles. The summed E-state index contributed by atoms with van der Waals surface area (Å²) >= 11 is 0. The van der Waals surface area contributed by atoms with Crippen LogP contribution in [0.5, 0.6) is 0 Å². The third kappa shape index (κ3) is 23.6. The summed E-state index contributed by atoms with van der Waals surface area (Å²) in [6.45, 7) is 11.8. The molecule has 0 aliphatic heterocycles. The maximum absolute atomic E-state index is 11.8. The van der Waals surface area contributed by atoms with E-state index in [2.05, 4.69) is 34.6 Å². The Morgan fingerprint density at radius 1 is 0.656 bits per heavy atom. The van der Waals surface area contributed by atoms with E-state index in [1.54, 1.807) is 0 Å². The number of hydrogen-bond acceptors (Lipinski definition) is 4. The van der Waals surface area contributed by atoms with Gasteiger partial charge >= 0.3 is 11.9 Å². The molecule has 0 fully saturated rings. The first-order chi connectivity index (χ1) is 15.2. The largest absolute Gasteiger partial charge is 0.466 e. The van der Waals surface area contributed by atoms with Crippen molar-refractivity contribution in [1.82, 2.24) is 0 Å². The summed E-state index contributed by atoms with van der Waals surface area (Å²) in [5.41, 5.74) is 0.225. The molecule has 0 rings (SSSR count). The smallest absolute Gasteiger partial charge is 0.306 e. The van der Waals surface area contributed by atoms with Gasteiger partial charge in [0.25, 0.3) is 0 Å². The zero-order valence-corrected chi connectivity index (χ0v) is 22.1. The second-order valence-corrected chi connectivity index (χ2v) is 10.9. The highest BCUT2D eigenvalue weighted by atomic mass is 16.5. The zero-order chi connectivity index (χ0) is 24.1. The van der Waals surface area contributed by atoms with Gasteiger partial charge in [-0.1, -0.05) is 118 Å². The molecule has 1 atom stereocenters. The fourth-order valence-electron chi connectivity index (χ4n) is 4.17.